The second-order valence-corrected chi connectivity index (χ2v) is 4.21. The van der Waals surface area contributed by atoms with Crippen LogP contribution in [0.2, 0.25) is 5.02 Å². The highest BCUT2D eigenvalue weighted by molar-refractivity contribution is 6.30. The molecule has 1 radical (unpaired) electrons. The van der Waals surface area contributed by atoms with Gasteiger partial charge >= 0.3 is 0 Å². The molecule has 0 unspecified atom stereocenters. The quantitative estimate of drug-likeness (QED) is 0.717. The van der Waals surface area contributed by atoms with E-state index in [0.29, 0.717) is 5.56 Å². The maximum Gasteiger partial charge on any atom is 0.221 e. The number of para-hydroxylation sites is 1. The molecule has 2 rings (SSSR count). The number of rotatable bonds is 3. The van der Waals surface area contributed by atoms with Crippen molar-refractivity contribution in [1.29, 1.82) is 0 Å². The molecular weight excluding hydrogens is 278 g/mol. The Morgan fingerprint density at radius 2 is 1.89 bits per heavy atom. The molecular formula is C13H8Cl2FO2. The maximum atomic E-state index is 13.7. The van der Waals surface area contributed by atoms with E-state index in [1.807, 2.05) is 0 Å². The van der Waals surface area contributed by atoms with Crippen LogP contribution in [-0.4, -0.2) is 0 Å². The number of hydrogen-bond donors (Lipinski definition) is 0. The van der Waals surface area contributed by atoms with Crippen molar-refractivity contribution >= 4 is 23.2 Å². The van der Waals surface area contributed by atoms with Crippen molar-refractivity contribution in [2.45, 2.75) is 5.88 Å². The Bertz CT molecular complexity index is 573. The standard InChI is InChI=1S/C13H8Cl2FO2/c14-7-8-3-1-5-10(17)13(8)18-11-6-2-4-9(15)12(11)16/h1-6H,7H2. The summed E-state index contributed by atoms with van der Waals surface area (Å²) < 4.78 is 18.9. The zero-order chi connectivity index (χ0) is 13.1. The van der Waals surface area contributed by atoms with E-state index in [2.05, 4.69) is 0 Å². The van der Waals surface area contributed by atoms with Gasteiger partial charge in [-0.1, -0.05) is 29.8 Å². The second kappa shape index (κ2) is 5.46. The molecule has 2 aromatic carbocycles. The lowest BCUT2D eigenvalue weighted by Crippen LogP contribution is -1.92. The largest absolute Gasteiger partial charge is 0.450 e. The summed E-state index contributed by atoms with van der Waals surface area (Å²) in [5, 5.41) is 11.6. The summed E-state index contributed by atoms with van der Waals surface area (Å²) in [6.07, 6.45) is 0. The van der Waals surface area contributed by atoms with Gasteiger partial charge in [0.05, 0.1) is 10.9 Å². The van der Waals surface area contributed by atoms with Gasteiger partial charge < -0.3 is 4.74 Å². The minimum Gasteiger partial charge on any atom is -0.450 e. The number of alkyl halides is 1. The van der Waals surface area contributed by atoms with Crippen molar-refractivity contribution in [2.75, 3.05) is 0 Å². The molecule has 0 saturated carbocycles. The van der Waals surface area contributed by atoms with E-state index in [1.54, 1.807) is 12.1 Å². The number of hydrogen-bond acceptors (Lipinski definition) is 1. The highest BCUT2D eigenvalue weighted by Gasteiger charge is 2.14. The van der Waals surface area contributed by atoms with Crippen molar-refractivity contribution in [3.63, 3.8) is 0 Å². The van der Waals surface area contributed by atoms with E-state index in [9.17, 15) is 9.50 Å². The average Bonchev–Trinajstić information content (AvgIpc) is 2.37. The highest BCUT2D eigenvalue weighted by Crippen LogP contribution is 2.37. The van der Waals surface area contributed by atoms with Crippen molar-refractivity contribution in [3.05, 3.63) is 52.8 Å². The van der Waals surface area contributed by atoms with Gasteiger partial charge in [0.1, 0.15) is 0 Å². The fraction of sp³-hybridized carbons (Fsp3) is 0.0769. The third-order valence-electron chi connectivity index (χ3n) is 2.33. The first-order valence-electron chi connectivity index (χ1n) is 5.10. The van der Waals surface area contributed by atoms with E-state index >= 15 is 0 Å². The second-order valence-electron chi connectivity index (χ2n) is 3.53. The Morgan fingerprint density at radius 3 is 2.61 bits per heavy atom. The summed E-state index contributed by atoms with van der Waals surface area (Å²) in [6.45, 7) is 0. The Labute approximate surface area is 114 Å². The lowest BCUT2D eigenvalue weighted by molar-refractivity contribution is 0.324. The molecule has 0 aliphatic rings. The molecule has 0 spiro atoms. The SMILES string of the molecule is [O]c1cccc(CCl)c1Oc1cccc(Cl)c1F. The Hall–Kier alpha value is -1.45. The molecule has 0 amide bonds. The molecule has 0 aliphatic heterocycles. The highest BCUT2D eigenvalue weighted by atomic mass is 35.5. The molecule has 5 heteroatoms. The van der Waals surface area contributed by atoms with Crippen molar-refractivity contribution in [1.82, 2.24) is 0 Å². The zero-order valence-electron chi connectivity index (χ0n) is 9.12. The first-order valence-corrected chi connectivity index (χ1v) is 6.01. The van der Waals surface area contributed by atoms with Gasteiger partial charge in [-0.15, -0.1) is 11.6 Å². The zero-order valence-corrected chi connectivity index (χ0v) is 10.6. The van der Waals surface area contributed by atoms with Gasteiger partial charge in [-0.2, -0.15) is 0 Å². The maximum absolute atomic E-state index is 13.7. The molecule has 2 aromatic rings. The minimum absolute atomic E-state index is 0.0219. The van der Waals surface area contributed by atoms with Crippen LogP contribution in [-0.2, 0) is 11.0 Å². The van der Waals surface area contributed by atoms with Crippen LogP contribution in [0, 0.1) is 5.82 Å². The van der Waals surface area contributed by atoms with Gasteiger partial charge in [-0.3, -0.25) is 5.11 Å². The summed E-state index contributed by atoms with van der Waals surface area (Å²) >= 11 is 11.3. The van der Waals surface area contributed by atoms with Gasteiger partial charge in [0.2, 0.25) is 5.75 Å². The smallest absolute Gasteiger partial charge is 0.221 e. The van der Waals surface area contributed by atoms with Crippen LogP contribution in [0.1, 0.15) is 5.56 Å². The summed E-state index contributed by atoms with van der Waals surface area (Å²) in [6, 6.07) is 8.87. The predicted molar refractivity (Wildman–Crippen MR) is 67.6 cm³/mol. The number of ether oxygens (including phenoxy) is 1. The van der Waals surface area contributed by atoms with Crippen molar-refractivity contribution < 1.29 is 14.2 Å². The molecule has 0 aliphatic carbocycles. The number of benzene rings is 2. The summed E-state index contributed by atoms with van der Waals surface area (Å²) in [5.74, 6) is -1.03. The molecule has 18 heavy (non-hydrogen) atoms. The van der Waals surface area contributed by atoms with Gasteiger partial charge in [-0.25, -0.2) is 4.39 Å². The van der Waals surface area contributed by atoms with Crippen LogP contribution < -0.4 is 4.74 Å². The van der Waals surface area contributed by atoms with Gasteiger partial charge in [0, 0.05) is 5.56 Å². The minimum atomic E-state index is -0.706. The predicted octanol–water partition coefficient (Wildman–Crippen LogP) is 5.15. The molecule has 93 valence electrons. The Morgan fingerprint density at radius 1 is 1.17 bits per heavy atom. The molecule has 2 nitrogen and oxygen atoms in total. The summed E-state index contributed by atoms with van der Waals surface area (Å²) in [7, 11) is 0. The van der Waals surface area contributed by atoms with Gasteiger partial charge in [-0.05, 0) is 18.2 Å². The van der Waals surface area contributed by atoms with Gasteiger partial charge in [0.25, 0.3) is 0 Å². The Kier molecular flexibility index (Phi) is 3.94. The van der Waals surface area contributed by atoms with Crippen LogP contribution in [0.25, 0.3) is 0 Å². The first kappa shape index (κ1) is 13.0. The molecule has 0 N–H and O–H groups in total. The van der Waals surface area contributed by atoms with Crippen molar-refractivity contribution in [3.8, 4) is 17.2 Å². The third kappa shape index (κ3) is 2.52. The first-order chi connectivity index (χ1) is 8.63. The molecule has 0 fully saturated rings. The van der Waals surface area contributed by atoms with Crippen LogP contribution in [0.5, 0.6) is 17.2 Å². The lowest BCUT2D eigenvalue weighted by Gasteiger charge is -2.11. The van der Waals surface area contributed by atoms with Crippen LogP contribution in [0.15, 0.2) is 36.4 Å². The fourth-order valence-corrected chi connectivity index (χ4v) is 1.83. The van der Waals surface area contributed by atoms with E-state index in [-0.39, 0.29) is 28.2 Å². The van der Waals surface area contributed by atoms with E-state index < -0.39 is 5.82 Å². The van der Waals surface area contributed by atoms with E-state index in [0.717, 1.165) is 0 Å². The van der Waals surface area contributed by atoms with Crippen LogP contribution >= 0.6 is 23.2 Å². The van der Waals surface area contributed by atoms with E-state index in [4.69, 9.17) is 27.9 Å². The van der Waals surface area contributed by atoms with Crippen LogP contribution in [0.3, 0.4) is 0 Å². The van der Waals surface area contributed by atoms with Crippen molar-refractivity contribution in [2.24, 2.45) is 0 Å². The summed E-state index contributed by atoms with van der Waals surface area (Å²) in [5.41, 5.74) is 0.503. The summed E-state index contributed by atoms with van der Waals surface area (Å²) in [4.78, 5) is 0. The van der Waals surface area contributed by atoms with Gasteiger partial charge in [0.15, 0.2) is 17.3 Å². The fourth-order valence-electron chi connectivity index (χ4n) is 1.46. The Balaban J connectivity index is 2.43. The average molecular weight is 286 g/mol. The topological polar surface area (TPSA) is 29.1 Å². The van der Waals surface area contributed by atoms with Crippen LogP contribution in [0.4, 0.5) is 4.39 Å². The molecule has 0 aromatic heterocycles. The van der Waals surface area contributed by atoms with E-state index in [1.165, 1.54) is 24.3 Å². The molecule has 0 heterocycles. The molecule has 0 atom stereocenters. The lowest BCUT2D eigenvalue weighted by atomic mass is 10.2. The number of halogens is 3. The monoisotopic (exact) mass is 285 g/mol. The molecule has 0 bridgehead atoms. The third-order valence-corrected chi connectivity index (χ3v) is 2.91. The normalized spacial score (nSPS) is 10.4. The molecule has 0 saturated heterocycles.